The average Bonchev–Trinajstić information content (AvgIpc) is 2.78. The molecule has 0 atom stereocenters. The van der Waals surface area contributed by atoms with E-state index in [4.69, 9.17) is 11.6 Å². The zero-order valence-electron chi connectivity index (χ0n) is 19.0. The van der Waals surface area contributed by atoms with Crippen molar-refractivity contribution in [1.29, 1.82) is 0 Å². The number of benzene rings is 2. The highest BCUT2D eigenvalue weighted by molar-refractivity contribution is 7.89. The van der Waals surface area contributed by atoms with Crippen molar-refractivity contribution in [2.24, 2.45) is 0 Å². The molecule has 3 aromatic rings. The molecule has 0 bridgehead atoms. The molecule has 0 aliphatic rings. The second-order valence-electron chi connectivity index (χ2n) is 8.00. The summed E-state index contributed by atoms with van der Waals surface area (Å²) >= 11 is 6.28. The maximum atomic E-state index is 13.2. The van der Waals surface area contributed by atoms with E-state index in [2.05, 4.69) is 10.3 Å². The monoisotopic (exact) mass is 486 g/mol. The van der Waals surface area contributed by atoms with Gasteiger partial charge in [-0.1, -0.05) is 29.8 Å². The Morgan fingerprint density at radius 3 is 2.33 bits per heavy atom. The molecule has 0 saturated heterocycles. The summed E-state index contributed by atoms with van der Waals surface area (Å²) in [5, 5.41) is 2.95. The van der Waals surface area contributed by atoms with Crippen molar-refractivity contribution in [2.75, 3.05) is 38.4 Å². The minimum absolute atomic E-state index is 0.0568. The predicted octanol–water partition coefficient (Wildman–Crippen LogP) is 4.09. The summed E-state index contributed by atoms with van der Waals surface area (Å²) in [5.41, 5.74) is 3.56. The fourth-order valence-corrected chi connectivity index (χ4v) is 4.74. The van der Waals surface area contributed by atoms with Crippen molar-refractivity contribution in [2.45, 2.75) is 17.7 Å². The molecule has 174 valence electrons. The number of aromatic nitrogens is 1. The molecule has 9 heteroatoms. The molecule has 0 saturated carbocycles. The van der Waals surface area contributed by atoms with Crippen LogP contribution >= 0.6 is 11.6 Å². The Labute approximate surface area is 200 Å². The molecule has 1 N–H and O–H groups in total. The summed E-state index contributed by atoms with van der Waals surface area (Å²) in [6.07, 6.45) is 5.21. The Morgan fingerprint density at radius 1 is 1.00 bits per heavy atom. The average molecular weight is 487 g/mol. The van der Waals surface area contributed by atoms with Gasteiger partial charge in [-0.3, -0.25) is 9.78 Å². The molecule has 0 radical (unpaired) electrons. The zero-order chi connectivity index (χ0) is 24.2. The highest BCUT2D eigenvalue weighted by Gasteiger charge is 2.25. The molecule has 0 aliphatic carbocycles. The molecule has 0 spiro atoms. The van der Waals surface area contributed by atoms with Crippen LogP contribution in [0.2, 0.25) is 5.02 Å². The van der Waals surface area contributed by atoms with Crippen LogP contribution in [0.25, 0.3) is 0 Å². The van der Waals surface area contributed by atoms with E-state index in [0.29, 0.717) is 11.4 Å². The van der Waals surface area contributed by atoms with Crippen LogP contribution in [0.3, 0.4) is 0 Å². The van der Waals surface area contributed by atoms with Crippen molar-refractivity contribution in [3.05, 3.63) is 82.6 Å². The molecular formula is C24H27ClN4O3S. The topological polar surface area (TPSA) is 82.6 Å². The molecular weight excluding hydrogens is 460 g/mol. The van der Waals surface area contributed by atoms with Gasteiger partial charge < -0.3 is 10.2 Å². The Morgan fingerprint density at radius 2 is 1.70 bits per heavy atom. The van der Waals surface area contributed by atoms with E-state index in [-0.39, 0.29) is 15.5 Å². The first kappa shape index (κ1) is 24.7. The fourth-order valence-electron chi connectivity index (χ4n) is 3.33. The minimum Gasteiger partial charge on any atom is -0.377 e. The van der Waals surface area contributed by atoms with Crippen molar-refractivity contribution in [3.8, 4) is 0 Å². The summed E-state index contributed by atoms with van der Waals surface area (Å²) in [6.45, 7) is 0. The lowest BCUT2D eigenvalue weighted by atomic mass is 10.1. The molecule has 1 aromatic heterocycles. The number of pyridine rings is 1. The third-order valence-corrected chi connectivity index (χ3v) is 7.43. The van der Waals surface area contributed by atoms with E-state index < -0.39 is 15.9 Å². The van der Waals surface area contributed by atoms with Gasteiger partial charge >= 0.3 is 0 Å². The van der Waals surface area contributed by atoms with Crippen molar-refractivity contribution in [3.63, 3.8) is 0 Å². The largest absolute Gasteiger partial charge is 0.377 e. The van der Waals surface area contributed by atoms with Crippen LogP contribution in [0, 0.1) is 0 Å². The van der Waals surface area contributed by atoms with Gasteiger partial charge in [0.2, 0.25) is 10.0 Å². The predicted molar refractivity (Wildman–Crippen MR) is 133 cm³/mol. The zero-order valence-corrected chi connectivity index (χ0v) is 20.6. The second-order valence-corrected chi connectivity index (χ2v) is 10.5. The van der Waals surface area contributed by atoms with Gasteiger partial charge in [-0.2, -0.15) is 0 Å². The first-order valence-electron chi connectivity index (χ1n) is 10.3. The first-order valence-corrected chi connectivity index (χ1v) is 12.1. The molecule has 0 unspecified atom stereocenters. The van der Waals surface area contributed by atoms with E-state index in [1.165, 1.54) is 26.2 Å². The van der Waals surface area contributed by atoms with Crippen LogP contribution in [-0.2, 0) is 22.9 Å². The maximum Gasteiger partial charge on any atom is 0.257 e. The normalized spacial score (nSPS) is 11.5. The number of aryl methyl sites for hydroxylation is 2. The van der Waals surface area contributed by atoms with E-state index in [0.717, 1.165) is 28.3 Å². The fraction of sp³-hybridized carbons (Fsp3) is 0.250. The lowest BCUT2D eigenvalue weighted by molar-refractivity contribution is 0.102. The summed E-state index contributed by atoms with van der Waals surface area (Å²) in [4.78, 5) is 18.9. The third-order valence-electron chi connectivity index (χ3n) is 5.15. The van der Waals surface area contributed by atoms with Crippen molar-refractivity contribution in [1.82, 2.24) is 9.29 Å². The van der Waals surface area contributed by atoms with E-state index in [1.807, 2.05) is 36.5 Å². The Balaban J connectivity index is 1.88. The van der Waals surface area contributed by atoms with Gasteiger partial charge in [0.05, 0.1) is 16.3 Å². The number of amides is 1. The summed E-state index contributed by atoms with van der Waals surface area (Å²) in [5.74, 6) is -0.421. The standard InChI is InChI=1S/C24H27ClN4O3S/c1-28(2)22-15-21(25)23(33(31,32)29(3)4)14-20(22)24(30)27-19-9-5-7-17(13-19)10-11-18-8-6-12-26-16-18/h5-9,12-16H,10-11H2,1-4H3,(H,27,30). The molecule has 0 fully saturated rings. The Bertz CT molecular complexity index is 1250. The van der Waals surface area contributed by atoms with Crippen LogP contribution in [0.4, 0.5) is 11.4 Å². The molecule has 1 amide bonds. The second kappa shape index (κ2) is 10.3. The highest BCUT2D eigenvalue weighted by atomic mass is 35.5. The Kier molecular flexibility index (Phi) is 7.73. The number of carbonyl (C=O) groups is 1. The summed E-state index contributed by atoms with van der Waals surface area (Å²) < 4.78 is 26.5. The first-order chi connectivity index (χ1) is 15.6. The van der Waals surface area contributed by atoms with Crippen molar-refractivity contribution < 1.29 is 13.2 Å². The number of nitrogens with zero attached hydrogens (tertiary/aromatic N) is 3. The summed E-state index contributed by atoms with van der Waals surface area (Å²) in [6, 6.07) is 14.4. The van der Waals surface area contributed by atoms with Gasteiger partial charge in [-0.05, 0) is 54.3 Å². The SMILES string of the molecule is CN(C)c1cc(Cl)c(S(=O)(=O)N(C)C)cc1C(=O)Nc1cccc(CCc2cccnc2)c1. The number of nitrogens with one attached hydrogen (secondary N) is 1. The number of carbonyl (C=O) groups excluding carboxylic acids is 1. The van der Waals surface area contributed by atoms with Gasteiger partial charge in [0.25, 0.3) is 5.91 Å². The number of halogens is 1. The molecule has 7 nitrogen and oxygen atoms in total. The smallest absolute Gasteiger partial charge is 0.257 e. The van der Waals surface area contributed by atoms with Crippen LogP contribution in [-0.4, -0.2) is 51.8 Å². The van der Waals surface area contributed by atoms with Crippen LogP contribution in [0.5, 0.6) is 0 Å². The maximum absolute atomic E-state index is 13.2. The number of hydrogen-bond acceptors (Lipinski definition) is 5. The molecule has 33 heavy (non-hydrogen) atoms. The summed E-state index contributed by atoms with van der Waals surface area (Å²) in [7, 11) is 2.55. The molecule has 2 aromatic carbocycles. The number of sulfonamides is 1. The quantitative estimate of drug-likeness (QED) is 0.518. The van der Waals surface area contributed by atoms with E-state index >= 15 is 0 Å². The van der Waals surface area contributed by atoms with Gasteiger partial charge in [0.1, 0.15) is 4.90 Å². The van der Waals surface area contributed by atoms with Crippen LogP contribution in [0.15, 0.2) is 65.8 Å². The van der Waals surface area contributed by atoms with Crippen LogP contribution in [0.1, 0.15) is 21.5 Å². The number of hydrogen-bond donors (Lipinski definition) is 1. The van der Waals surface area contributed by atoms with E-state index in [1.54, 1.807) is 31.3 Å². The Hall–Kier alpha value is -2.94. The lowest BCUT2D eigenvalue weighted by Gasteiger charge is -2.20. The number of anilines is 2. The van der Waals surface area contributed by atoms with Gasteiger partial charge in [-0.25, -0.2) is 12.7 Å². The van der Waals surface area contributed by atoms with Gasteiger partial charge in [-0.15, -0.1) is 0 Å². The molecule has 1 heterocycles. The number of rotatable bonds is 8. The van der Waals surface area contributed by atoms with Gasteiger partial charge in [0, 0.05) is 46.3 Å². The molecule has 3 rings (SSSR count). The molecule has 0 aliphatic heterocycles. The van der Waals surface area contributed by atoms with Crippen LogP contribution < -0.4 is 10.2 Å². The lowest BCUT2D eigenvalue weighted by Crippen LogP contribution is -2.24. The minimum atomic E-state index is -3.82. The third kappa shape index (κ3) is 5.90. The van der Waals surface area contributed by atoms with E-state index in [9.17, 15) is 13.2 Å². The van der Waals surface area contributed by atoms with Crippen molar-refractivity contribution >= 4 is 38.9 Å². The highest BCUT2D eigenvalue weighted by Crippen LogP contribution is 2.32. The van der Waals surface area contributed by atoms with Gasteiger partial charge in [0.15, 0.2) is 0 Å².